The van der Waals surface area contributed by atoms with Crippen molar-refractivity contribution in [2.45, 2.75) is 13.0 Å². The lowest BCUT2D eigenvalue weighted by molar-refractivity contribution is -0.122. The molecule has 5 heteroatoms. The molecule has 0 unspecified atom stereocenters. The first-order valence-corrected chi connectivity index (χ1v) is 6.20. The second kappa shape index (κ2) is 6.56. The minimum absolute atomic E-state index is 0.235. The fraction of sp³-hybridized carbons (Fsp3) is 0.200. The SMILES string of the molecule is COc1cccc(O[C@H](C)C(=O)Nc2cccnc2)c1. The van der Waals surface area contributed by atoms with Crippen molar-refractivity contribution in [1.82, 2.24) is 4.98 Å². The van der Waals surface area contributed by atoms with E-state index in [1.165, 1.54) is 0 Å². The van der Waals surface area contributed by atoms with E-state index < -0.39 is 6.10 Å². The van der Waals surface area contributed by atoms with Crippen LogP contribution in [-0.2, 0) is 4.79 Å². The van der Waals surface area contributed by atoms with Gasteiger partial charge in [0.15, 0.2) is 6.10 Å². The van der Waals surface area contributed by atoms with Crippen LogP contribution < -0.4 is 14.8 Å². The molecule has 0 saturated heterocycles. The summed E-state index contributed by atoms with van der Waals surface area (Å²) in [5.41, 5.74) is 0.638. The fourth-order valence-corrected chi connectivity index (χ4v) is 1.61. The maximum atomic E-state index is 12.0. The van der Waals surface area contributed by atoms with Crippen LogP contribution in [0.3, 0.4) is 0 Å². The van der Waals surface area contributed by atoms with E-state index in [0.29, 0.717) is 17.2 Å². The van der Waals surface area contributed by atoms with Crippen molar-refractivity contribution in [3.63, 3.8) is 0 Å². The third-order valence-corrected chi connectivity index (χ3v) is 2.65. The molecule has 0 fully saturated rings. The average molecular weight is 272 g/mol. The Hall–Kier alpha value is -2.56. The quantitative estimate of drug-likeness (QED) is 0.908. The molecule has 104 valence electrons. The average Bonchev–Trinajstić information content (AvgIpc) is 2.48. The third-order valence-electron chi connectivity index (χ3n) is 2.65. The largest absolute Gasteiger partial charge is 0.497 e. The molecule has 2 aromatic rings. The van der Waals surface area contributed by atoms with Crippen molar-refractivity contribution in [2.75, 3.05) is 12.4 Å². The van der Waals surface area contributed by atoms with Crippen molar-refractivity contribution >= 4 is 11.6 Å². The summed E-state index contributed by atoms with van der Waals surface area (Å²) in [6.45, 7) is 1.69. The number of hydrogen-bond acceptors (Lipinski definition) is 4. The lowest BCUT2D eigenvalue weighted by atomic mass is 10.3. The van der Waals surface area contributed by atoms with E-state index >= 15 is 0 Å². The summed E-state index contributed by atoms with van der Waals surface area (Å²) in [6.07, 6.45) is 2.60. The van der Waals surface area contributed by atoms with Crippen LogP contribution in [0.2, 0.25) is 0 Å². The molecule has 0 aliphatic rings. The monoisotopic (exact) mass is 272 g/mol. The number of methoxy groups -OCH3 is 1. The smallest absolute Gasteiger partial charge is 0.265 e. The number of carbonyl (C=O) groups excluding carboxylic acids is 1. The molecule has 0 bridgehead atoms. The standard InChI is InChI=1S/C15H16N2O3/c1-11(15(18)17-12-5-4-8-16-10-12)20-14-7-3-6-13(9-14)19-2/h3-11H,1-2H3,(H,17,18)/t11-/m1/s1. The van der Waals surface area contributed by atoms with Crippen LogP contribution in [0.1, 0.15) is 6.92 Å². The highest BCUT2D eigenvalue weighted by atomic mass is 16.5. The van der Waals surface area contributed by atoms with Gasteiger partial charge in [-0.05, 0) is 31.2 Å². The van der Waals surface area contributed by atoms with Crippen LogP contribution in [-0.4, -0.2) is 24.1 Å². The summed E-state index contributed by atoms with van der Waals surface area (Å²) in [6, 6.07) is 10.6. The molecule has 1 aromatic carbocycles. The Bertz CT molecular complexity index is 572. The predicted molar refractivity (Wildman–Crippen MR) is 76.0 cm³/mol. The van der Waals surface area contributed by atoms with Crippen LogP contribution in [0.15, 0.2) is 48.8 Å². The zero-order valence-electron chi connectivity index (χ0n) is 11.4. The van der Waals surface area contributed by atoms with Crippen LogP contribution in [0.25, 0.3) is 0 Å². The topological polar surface area (TPSA) is 60.5 Å². The van der Waals surface area contributed by atoms with Crippen molar-refractivity contribution in [3.05, 3.63) is 48.8 Å². The summed E-state index contributed by atoms with van der Waals surface area (Å²) in [4.78, 5) is 15.9. The molecule has 1 heterocycles. The first kappa shape index (κ1) is 13.9. The first-order valence-electron chi connectivity index (χ1n) is 6.20. The molecular formula is C15H16N2O3. The number of amides is 1. The number of rotatable bonds is 5. The molecule has 0 radical (unpaired) electrons. The predicted octanol–water partition coefficient (Wildman–Crippen LogP) is 2.50. The molecule has 0 saturated carbocycles. The van der Waals surface area contributed by atoms with Crippen LogP contribution in [0.5, 0.6) is 11.5 Å². The van der Waals surface area contributed by atoms with E-state index in [4.69, 9.17) is 9.47 Å². The number of ether oxygens (including phenoxy) is 2. The third kappa shape index (κ3) is 3.71. The summed E-state index contributed by atoms with van der Waals surface area (Å²) < 4.78 is 10.7. The Morgan fingerprint density at radius 2 is 2.05 bits per heavy atom. The molecule has 1 N–H and O–H groups in total. The van der Waals surface area contributed by atoms with Gasteiger partial charge in [-0.1, -0.05) is 6.07 Å². The van der Waals surface area contributed by atoms with Gasteiger partial charge in [-0.2, -0.15) is 0 Å². The Morgan fingerprint density at radius 1 is 1.25 bits per heavy atom. The maximum absolute atomic E-state index is 12.0. The van der Waals surface area contributed by atoms with Gasteiger partial charge in [0.25, 0.3) is 5.91 Å². The van der Waals surface area contributed by atoms with Gasteiger partial charge in [0.05, 0.1) is 19.0 Å². The van der Waals surface area contributed by atoms with Crippen LogP contribution in [0, 0.1) is 0 Å². The second-order valence-corrected chi connectivity index (χ2v) is 4.17. The fourth-order valence-electron chi connectivity index (χ4n) is 1.61. The number of carbonyl (C=O) groups is 1. The summed E-state index contributed by atoms with van der Waals surface area (Å²) in [7, 11) is 1.58. The molecule has 0 aliphatic heterocycles. The number of nitrogens with one attached hydrogen (secondary N) is 1. The molecular weight excluding hydrogens is 256 g/mol. The number of nitrogens with zero attached hydrogens (tertiary/aromatic N) is 1. The van der Waals surface area contributed by atoms with Gasteiger partial charge in [0, 0.05) is 12.3 Å². The highest BCUT2D eigenvalue weighted by molar-refractivity contribution is 5.93. The maximum Gasteiger partial charge on any atom is 0.265 e. The lowest BCUT2D eigenvalue weighted by Crippen LogP contribution is -2.30. The Morgan fingerprint density at radius 3 is 2.75 bits per heavy atom. The molecule has 0 aliphatic carbocycles. The van der Waals surface area contributed by atoms with E-state index in [2.05, 4.69) is 10.3 Å². The van der Waals surface area contributed by atoms with E-state index in [1.54, 1.807) is 56.8 Å². The number of aromatic nitrogens is 1. The van der Waals surface area contributed by atoms with Crippen LogP contribution >= 0.6 is 0 Å². The van der Waals surface area contributed by atoms with Crippen molar-refractivity contribution < 1.29 is 14.3 Å². The molecule has 5 nitrogen and oxygen atoms in total. The number of hydrogen-bond donors (Lipinski definition) is 1. The van der Waals surface area contributed by atoms with Crippen molar-refractivity contribution in [3.8, 4) is 11.5 Å². The lowest BCUT2D eigenvalue weighted by Gasteiger charge is -2.15. The second-order valence-electron chi connectivity index (χ2n) is 4.17. The molecule has 1 aromatic heterocycles. The molecule has 1 atom stereocenters. The van der Waals surface area contributed by atoms with E-state index in [9.17, 15) is 4.79 Å². The Balaban J connectivity index is 1.97. The molecule has 1 amide bonds. The van der Waals surface area contributed by atoms with Gasteiger partial charge in [-0.15, -0.1) is 0 Å². The van der Waals surface area contributed by atoms with E-state index in [0.717, 1.165) is 0 Å². The van der Waals surface area contributed by atoms with Gasteiger partial charge >= 0.3 is 0 Å². The highest BCUT2D eigenvalue weighted by Crippen LogP contribution is 2.20. The molecule has 0 spiro atoms. The molecule has 20 heavy (non-hydrogen) atoms. The van der Waals surface area contributed by atoms with Crippen molar-refractivity contribution in [1.29, 1.82) is 0 Å². The Kier molecular flexibility index (Phi) is 4.55. The number of anilines is 1. The van der Waals surface area contributed by atoms with Gasteiger partial charge in [-0.3, -0.25) is 9.78 Å². The number of benzene rings is 1. The zero-order valence-corrected chi connectivity index (χ0v) is 11.4. The first-order chi connectivity index (χ1) is 9.69. The normalized spacial score (nSPS) is 11.5. The van der Waals surface area contributed by atoms with Crippen molar-refractivity contribution in [2.24, 2.45) is 0 Å². The molecule has 2 rings (SSSR count). The zero-order chi connectivity index (χ0) is 14.4. The highest BCUT2D eigenvalue weighted by Gasteiger charge is 2.15. The van der Waals surface area contributed by atoms with Crippen LogP contribution in [0.4, 0.5) is 5.69 Å². The van der Waals surface area contributed by atoms with Gasteiger partial charge in [0.1, 0.15) is 11.5 Å². The van der Waals surface area contributed by atoms with E-state index in [-0.39, 0.29) is 5.91 Å². The van der Waals surface area contributed by atoms with E-state index in [1.807, 2.05) is 6.07 Å². The minimum atomic E-state index is -0.623. The Labute approximate surface area is 117 Å². The van der Waals surface area contributed by atoms with Gasteiger partial charge < -0.3 is 14.8 Å². The summed E-state index contributed by atoms with van der Waals surface area (Å²) in [5.74, 6) is 1.03. The van der Waals surface area contributed by atoms with Gasteiger partial charge in [-0.25, -0.2) is 0 Å². The summed E-state index contributed by atoms with van der Waals surface area (Å²) in [5, 5.41) is 2.73. The van der Waals surface area contributed by atoms with Gasteiger partial charge in [0.2, 0.25) is 0 Å². The number of pyridine rings is 1. The summed E-state index contributed by atoms with van der Waals surface area (Å²) >= 11 is 0. The minimum Gasteiger partial charge on any atom is -0.497 e.